The number of aliphatic hydroxyl groups excluding tert-OH is 1. The summed E-state index contributed by atoms with van der Waals surface area (Å²) < 4.78 is 4.30. The van der Waals surface area contributed by atoms with Crippen LogP contribution in [0.25, 0.3) is 0 Å². The number of aliphatic hydroxyl groups is 1. The molecule has 0 spiro atoms. The molecule has 0 aliphatic heterocycles. The van der Waals surface area contributed by atoms with Gasteiger partial charge in [0.1, 0.15) is 11.3 Å². The van der Waals surface area contributed by atoms with Gasteiger partial charge in [-0.1, -0.05) is 6.58 Å². The molecule has 0 saturated carbocycles. The number of carbonyl (C=O) groups excluding carboxylic acids is 2. The molecule has 12 heavy (non-hydrogen) atoms. The first-order chi connectivity index (χ1) is 5.57. The van der Waals surface area contributed by atoms with E-state index in [0.29, 0.717) is 0 Å². The standard InChI is InChI=1S/C8H8O4/c1-4-3-5(9)6(7(4)10)8(11)12-2/h10H,1,3H2,2H3. The zero-order valence-corrected chi connectivity index (χ0v) is 6.59. The SMILES string of the molecule is C=C1CC(=O)C(C(=O)OC)=C1O. The number of carbonyl (C=O) groups is 2. The van der Waals surface area contributed by atoms with E-state index in [2.05, 4.69) is 11.3 Å². The summed E-state index contributed by atoms with van der Waals surface area (Å²) in [5.41, 5.74) is -0.0251. The van der Waals surface area contributed by atoms with Crippen LogP contribution in [0.1, 0.15) is 6.42 Å². The summed E-state index contributed by atoms with van der Waals surface area (Å²) >= 11 is 0. The Morgan fingerprint density at radius 2 is 2.25 bits per heavy atom. The van der Waals surface area contributed by atoms with Crippen LogP contribution in [-0.4, -0.2) is 24.0 Å². The maximum absolute atomic E-state index is 11.0. The predicted molar refractivity (Wildman–Crippen MR) is 40.4 cm³/mol. The molecular weight excluding hydrogens is 160 g/mol. The summed E-state index contributed by atoms with van der Waals surface area (Å²) in [4.78, 5) is 21.9. The maximum atomic E-state index is 11.0. The van der Waals surface area contributed by atoms with Crippen LogP contribution in [0.4, 0.5) is 0 Å². The number of ketones is 1. The molecule has 0 aromatic rings. The van der Waals surface area contributed by atoms with Gasteiger partial charge in [-0.15, -0.1) is 0 Å². The zero-order chi connectivity index (χ0) is 9.30. The van der Waals surface area contributed by atoms with Gasteiger partial charge in [-0.2, -0.15) is 0 Å². The monoisotopic (exact) mass is 168 g/mol. The first-order valence-corrected chi connectivity index (χ1v) is 3.30. The number of esters is 1. The van der Waals surface area contributed by atoms with Crippen LogP contribution in [0.2, 0.25) is 0 Å². The number of hydrogen-bond donors (Lipinski definition) is 1. The fourth-order valence-electron chi connectivity index (χ4n) is 0.987. The lowest BCUT2D eigenvalue weighted by Gasteiger charge is -1.97. The minimum absolute atomic E-state index is 0.00370. The Hall–Kier alpha value is -1.58. The van der Waals surface area contributed by atoms with Crippen LogP contribution in [0.15, 0.2) is 23.5 Å². The van der Waals surface area contributed by atoms with E-state index >= 15 is 0 Å². The predicted octanol–water partition coefficient (Wildman–Crippen LogP) is 0.500. The molecule has 0 heterocycles. The second kappa shape index (κ2) is 2.81. The van der Waals surface area contributed by atoms with Crippen molar-refractivity contribution >= 4 is 11.8 Å². The lowest BCUT2D eigenvalue weighted by Crippen LogP contribution is -2.11. The molecule has 1 rings (SSSR count). The Morgan fingerprint density at radius 1 is 1.67 bits per heavy atom. The molecule has 1 aliphatic carbocycles. The molecule has 4 nitrogen and oxygen atoms in total. The summed E-state index contributed by atoms with van der Waals surface area (Å²) in [6.45, 7) is 3.42. The highest BCUT2D eigenvalue weighted by Gasteiger charge is 2.31. The van der Waals surface area contributed by atoms with Crippen molar-refractivity contribution < 1.29 is 19.4 Å². The topological polar surface area (TPSA) is 63.6 Å². The molecule has 0 unspecified atom stereocenters. The summed E-state index contributed by atoms with van der Waals surface area (Å²) in [6.07, 6.45) is -0.00370. The molecule has 0 atom stereocenters. The van der Waals surface area contributed by atoms with Crippen molar-refractivity contribution in [1.29, 1.82) is 0 Å². The van der Waals surface area contributed by atoms with Gasteiger partial charge in [-0.05, 0) is 5.57 Å². The third-order valence-electron chi connectivity index (χ3n) is 1.61. The highest BCUT2D eigenvalue weighted by Crippen LogP contribution is 2.25. The second-order valence-corrected chi connectivity index (χ2v) is 2.42. The quantitative estimate of drug-likeness (QED) is 0.457. The smallest absolute Gasteiger partial charge is 0.345 e. The first-order valence-electron chi connectivity index (χ1n) is 3.30. The van der Waals surface area contributed by atoms with Gasteiger partial charge in [0.05, 0.1) is 7.11 Å². The van der Waals surface area contributed by atoms with Crippen LogP contribution in [0, 0.1) is 0 Å². The average Bonchev–Trinajstić information content (AvgIpc) is 2.26. The highest BCUT2D eigenvalue weighted by atomic mass is 16.5. The van der Waals surface area contributed by atoms with E-state index in [1.54, 1.807) is 0 Å². The lowest BCUT2D eigenvalue weighted by molar-refractivity contribution is -0.137. The van der Waals surface area contributed by atoms with Gasteiger partial charge in [0, 0.05) is 6.42 Å². The van der Waals surface area contributed by atoms with Crippen molar-refractivity contribution in [3.8, 4) is 0 Å². The van der Waals surface area contributed by atoms with Crippen molar-refractivity contribution in [2.75, 3.05) is 7.11 Å². The number of hydrogen-bond acceptors (Lipinski definition) is 4. The van der Waals surface area contributed by atoms with E-state index in [4.69, 9.17) is 0 Å². The molecule has 64 valence electrons. The number of Topliss-reactive ketones (excluding diaryl/α,β-unsaturated/α-hetero) is 1. The largest absolute Gasteiger partial charge is 0.507 e. The van der Waals surface area contributed by atoms with E-state index in [0.717, 1.165) is 7.11 Å². The molecule has 0 bridgehead atoms. The van der Waals surface area contributed by atoms with E-state index in [9.17, 15) is 14.7 Å². The fourth-order valence-corrected chi connectivity index (χ4v) is 0.987. The fraction of sp³-hybridized carbons (Fsp3) is 0.250. The minimum atomic E-state index is -0.809. The summed E-state index contributed by atoms with van der Waals surface area (Å²) in [5, 5.41) is 9.19. The van der Waals surface area contributed by atoms with Crippen LogP contribution in [-0.2, 0) is 14.3 Å². The highest BCUT2D eigenvalue weighted by molar-refractivity contribution is 6.21. The molecule has 0 saturated heterocycles. The van der Waals surface area contributed by atoms with Crippen molar-refractivity contribution in [3.05, 3.63) is 23.5 Å². The Kier molecular flexibility index (Phi) is 1.99. The minimum Gasteiger partial charge on any atom is -0.507 e. The van der Waals surface area contributed by atoms with Gasteiger partial charge in [0.2, 0.25) is 0 Å². The van der Waals surface area contributed by atoms with Gasteiger partial charge in [-0.3, -0.25) is 4.79 Å². The summed E-state index contributed by atoms with van der Waals surface area (Å²) in [7, 11) is 1.15. The van der Waals surface area contributed by atoms with Crippen LogP contribution in [0.3, 0.4) is 0 Å². The lowest BCUT2D eigenvalue weighted by atomic mass is 10.2. The van der Waals surface area contributed by atoms with Gasteiger partial charge in [0.15, 0.2) is 5.78 Å². The first kappa shape index (κ1) is 8.52. The maximum Gasteiger partial charge on any atom is 0.345 e. The number of allylic oxidation sites excluding steroid dienone is 1. The van der Waals surface area contributed by atoms with Crippen LogP contribution < -0.4 is 0 Å². The molecule has 0 radical (unpaired) electrons. The zero-order valence-electron chi connectivity index (χ0n) is 6.59. The van der Waals surface area contributed by atoms with Crippen LogP contribution in [0.5, 0.6) is 0 Å². The second-order valence-electron chi connectivity index (χ2n) is 2.42. The molecule has 1 aliphatic rings. The Balaban J connectivity index is 3.09. The van der Waals surface area contributed by atoms with Crippen molar-refractivity contribution in [2.45, 2.75) is 6.42 Å². The molecule has 4 heteroatoms. The van der Waals surface area contributed by atoms with E-state index < -0.39 is 11.8 Å². The Bertz CT molecular complexity index is 298. The van der Waals surface area contributed by atoms with Gasteiger partial charge >= 0.3 is 5.97 Å². The molecular formula is C8H8O4. The molecule has 1 N–H and O–H groups in total. The van der Waals surface area contributed by atoms with Crippen LogP contribution >= 0.6 is 0 Å². The average molecular weight is 168 g/mol. The van der Waals surface area contributed by atoms with Crippen molar-refractivity contribution in [1.82, 2.24) is 0 Å². The third-order valence-corrected chi connectivity index (χ3v) is 1.61. The number of rotatable bonds is 1. The summed E-state index contributed by atoms with van der Waals surface area (Å²) in [6, 6.07) is 0. The molecule has 0 aromatic carbocycles. The van der Waals surface area contributed by atoms with E-state index in [1.165, 1.54) is 0 Å². The summed E-state index contributed by atoms with van der Waals surface area (Å²) in [5.74, 6) is -1.59. The number of methoxy groups -OCH3 is 1. The van der Waals surface area contributed by atoms with E-state index in [1.807, 2.05) is 0 Å². The van der Waals surface area contributed by atoms with E-state index in [-0.39, 0.29) is 23.3 Å². The van der Waals surface area contributed by atoms with Crippen molar-refractivity contribution in [3.63, 3.8) is 0 Å². The van der Waals surface area contributed by atoms with Gasteiger partial charge in [-0.25, -0.2) is 4.79 Å². The third kappa shape index (κ3) is 1.11. The Morgan fingerprint density at radius 3 is 2.58 bits per heavy atom. The Labute approximate surface area is 69.1 Å². The molecule has 0 amide bonds. The van der Waals surface area contributed by atoms with Gasteiger partial charge < -0.3 is 9.84 Å². The molecule has 0 fully saturated rings. The van der Waals surface area contributed by atoms with Gasteiger partial charge in [0.25, 0.3) is 0 Å². The van der Waals surface area contributed by atoms with Crippen molar-refractivity contribution in [2.24, 2.45) is 0 Å². The molecule has 0 aromatic heterocycles. The number of ether oxygens (including phenoxy) is 1. The normalized spacial score (nSPS) is 17.1.